The fourth-order valence-corrected chi connectivity index (χ4v) is 9.75. The number of fused-ring (bicyclic) bond motifs is 8. The van der Waals surface area contributed by atoms with Crippen LogP contribution in [0.15, 0.2) is 215 Å². The zero-order valence-corrected chi connectivity index (χ0v) is 33.1. The van der Waals surface area contributed by atoms with Gasteiger partial charge < -0.3 is 13.7 Å². The van der Waals surface area contributed by atoms with Crippen molar-refractivity contribution in [1.82, 2.24) is 4.98 Å². The molecule has 0 spiro atoms. The van der Waals surface area contributed by atoms with Crippen molar-refractivity contribution < 1.29 is 8.83 Å². The Morgan fingerprint density at radius 2 is 0.967 bits per heavy atom. The van der Waals surface area contributed by atoms with Gasteiger partial charge in [-0.3, -0.25) is 0 Å². The van der Waals surface area contributed by atoms with Crippen molar-refractivity contribution in [3.05, 3.63) is 206 Å². The summed E-state index contributed by atoms with van der Waals surface area (Å²) in [6.45, 7) is 0. The third-order valence-corrected chi connectivity index (χ3v) is 12.7. The largest absolute Gasteiger partial charge is 0.456 e. The first kappa shape index (κ1) is 34.3. The van der Waals surface area contributed by atoms with Gasteiger partial charge in [0.2, 0.25) is 5.89 Å². The van der Waals surface area contributed by atoms with Crippen LogP contribution in [-0.4, -0.2) is 4.98 Å². The predicted molar refractivity (Wildman–Crippen MR) is 251 cm³/mol. The number of oxazole rings is 1. The molecule has 3 heterocycles. The molecule has 9 aromatic carbocycles. The number of benzene rings is 9. The highest BCUT2D eigenvalue weighted by atomic mass is 32.1. The quantitative estimate of drug-likeness (QED) is 0.161. The van der Waals surface area contributed by atoms with Gasteiger partial charge in [-0.25, -0.2) is 4.98 Å². The second-order valence-corrected chi connectivity index (χ2v) is 16.2. The van der Waals surface area contributed by atoms with Crippen LogP contribution in [0.5, 0.6) is 0 Å². The van der Waals surface area contributed by atoms with E-state index in [0.717, 1.165) is 66.8 Å². The van der Waals surface area contributed by atoms with Gasteiger partial charge in [-0.2, -0.15) is 0 Å². The van der Waals surface area contributed by atoms with E-state index in [1.165, 1.54) is 42.4 Å². The Bertz CT molecular complexity index is 3510. The lowest BCUT2D eigenvalue weighted by atomic mass is 9.99. The lowest BCUT2D eigenvalue weighted by Crippen LogP contribution is -2.09. The minimum Gasteiger partial charge on any atom is -0.456 e. The van der Waals surface area contributed by atoms with Gasteiger partial charge in [0, 0.05) is 48.2 Å². The number of hydrogen-bond acceptors (Lipinski definition) is 5. The first-order valence-electron chi connectivity index (χ1n) is 20.1. The van der Waals surface area contributed by atoms with Crippen molar-refractivity contribution in [2.24, 2.45) is 0 Å². The van der Waals surface area contributed by atoms with Crippen molar-refractivity contribution in [2.75, 3.05) is 4.90 Å². The van der Waals surface area contributed by atoms with Crippen molar-refractivity contribution in [3.63, 3.8) is 0 Å². The van der Waals surface area contributed by atoms with E-state index in [0.29, 0.717) is 5.89 Å². The van der Waals surface area contributed by atoms with Crippen LogP contribution in [0.2, 0.25) is 0 Å². The molecule has 0 atom stereocenters. The maximum absolute atomic E-state index is 6.44. The zero-order valence-electron chi connectivity index (χ0n) is 32.2. The normalized spacial score (nSPS) is 11.7. The number of anilines is 3. The van der Waals surface area contributed by atoms with E-state index in [1.54, 1.807) is 0 Å². The second-order valence-electron chi connectivity index (χ2n) is 15.1. The average Bonchev–Trinajstić information content (AvgIpc) is 4.04. The molecule has 282 valence electrons. The summed E-state index contributed by atoms with van der Waals surface area (Å²) in [4.78, 5) is 7.12. The Morgan fingerprint density at radius 3 is 1.68 bits per heavy atom. The van der Waals surface area contributed by atoms with Crippen LogP contribution in [0, 0.1) is 0 Å². The molecule has 0 radical (unpaired) electrons. The van der Waals surface area contributed by atoms with Crippen LogP contribution >= 0.6 is 11.3 Å². The molecule has 0 amide bonds. The van der Waals surface area contributed by atoms with E-state index < -0.39 is 0 Å². The molecule has 12 rings (SSSR count). The monoisotopic (exact) mass is 786 g/mol. The van der Waals surface area contributed by atoms with Gasteiger partial charge in [0.25, 0.3) is 0 Å². The molecule has 0 aliphatic carbocycles. The third-order valence-electron chi connectivity index (χ3n) is 11.5. The van der Waals surface area contributed by atoms with Crippen LogP contribution in [-0.2, 0) is 0 Å². The molecule has 12 aromatic rings. The van der Waals surface area contributed by atoms with Gasteiger partial charge >= 0.3 is 0 Å². The molecule has 3 aromatic heterocycles. The average molecular weight is 787 g/mol. The lowest BCUT2D eigenvalue weighted by Gasteiger charge is -2.26. The van der Waals surface area contributed by atoms with Crippen molar-refractivity contribution in [1.29, 1.82) is 0 Å². The van der Waals surface area contributed by atoms with Crippen LogP contribution in [0.25, 0.3) is 98.0 Å². The lowest BCUT2D eigenvalue weighted by molar-refractivity contribution is 0.622. The zero-order chi connectivity index (χ0) is 39.6. The van der Waals surface area contributed by atoms with Crippen molar-refractivity contribution in [3.8, 4) is 44.8 Å². The van der Waals surface area contributed by atoms with E-state index >= 15 is 0 Å². The molecule has 0 saturated carbocycles. The van der Waals surface area contributed by atoms with Crippen LogP contribution < -0.4 is 4.90 Å². The van der Waals surface area contributed by atoms with Crippen LogP contribution in [0.3, 0.4) is 0 Å². The van der Waals surface area contributed by atoms with Gasteiger partial charge in [-0.1, -0.05) is 121 Å². The van der Waals surface area contributed by atoms with Crippen molar-refractivity contribution in [2.45, 2.75) is 0 Å². The smallest absolute Gasteiger partial charge is 0.227 e. The van der Waals surface area contributed by atoms with Gasteiger partial charge in [0.05, 0.1) is 5.39 Å². The van der Waals surface area contributed by atoms with Crippen LogP contribution in [0.4, 0.5) is 17.1 Å². The van der Waals surface area contributed by atoms with Gasteiger partial charge in [-0.05, 0) is 118 Å². The van der Waals surface area contributed by atoms with Crippen LogP contribution in [0.1, 0.15) is 0 Å². The number of hydrogen-bond donors (Lipinski definition) is 0. The molecule has 0 fully saturated rings. The Morgan fingerprint density at radius 1 is 0.383 bits per heavy atom. The predicted octanol–water partition coefficient (Wildman–Crippen LogP) is 16.2. The molecule has 60 heavy (non-hydrogen) atoms. The Kier molecular flexibility index (Phi) is 8.00. The van der Waals surface area contributed by atoms with Gasteiger partial charge in [0.1, 0.15) is 16.7 Å². The Labute approximate surface area is 349 Å². The summed E-state index contributed by atoms with van der Waals surface area (Å²) >= 11 is 1.85. The number of furan rings is 1. The summed E-state index contributed by atoms with van der Waals surface area (Å²) in [6.07, 6.45) is 0. The first-order chi connectivity index (χ1) is 29.7. The number of nitrogens with zero attached hydrogens (tertiary/aromatic N) is 2. The van der Waals surface area contributed by atoms with E-state index in [1.807, 2.05) is 53.8 Å². The summed E-state index contributed by atoms with van der Waals surface area (Å²) in [5.41, 5.74) is 14.3. The van der Waals surface area contributed by atoms with E-state index in [2.05, 4.69) is 169 Å². The molecule has 0 aliphatic heterocycles. The topological polar surface area (TPSA) is 42.4 Å². The van der Waals surface area contributed by atoms with Gasteiger partial charge in [0.15, 0.2) is 5.58 Å². The highest BCUT2D eigenvalue weighted by Gasteiger charge is 2.19. The minimum atomic E-state index is 0.603. The summed E-state index contributed by atoms with van der Waals surface area (Å²) < 4.78 is 15.4. The SMILES string of the molecule is c1ccc(-c2ccc(N(c3ccc(-c4ccc5c(c4)oc4ccc6nc(-c7ccccc7)oc6c45)cc3)c3ccc(-c4cccc5sc6ccccc6c45)cc3)cc2)cc1. The molecule has 0 aliphatic rings. The fraction of sp³-hybridized carbons (Fsp3) is 0. The maximum atomic E-state index is 6.44. The molecule has 0 saturated heterocycles. The fourth-order valence-electron chi connectivity index (χ4n) is 8.62. The Hall–Kier alpha value is -7.73. The van der Waals surface area contributed by atoms with E-state index in [9.17, 15) is 0 Å². The van der Waals surface area contributed by atoms with E-state index in [-0.39, 0.29) is 0 Å². The minimum absolute atomic E-state index is 0.603. The molecule has 0 unspecified atom stereocenters. The molecule has 5 heteroatoms. The highest BCUT2D eigenvalue weighted by molar-refractivity contribution is 7.25. The number of thiophene rings is 1. The molecule has 0 bridgehead atoms. The maximum Gasteiger partial charge on any atom is 0.227 e. The Balaban J connectivity index is 0.911. The summed E-state index contributed by atoms with van der Waals surface area (Å²) in [6, 6.07) is 72.9. The third kappa shape index (κ3) is 5.78. The number of aromatic nitrogens is 1. The summed E-state index contributed by atoms with van der Waals surface area (Å²) in [5, 5.41) is 4.57. The molecular weight excluding hydrogens is 753 g/mol. The molecular formula is C55H34N2O2S. The first-order valence-corrected chi connectivity index (χ1v) is 20.9. The van der Waals surface area contributed by atoms with Crippen molar-refractivity contribution >= 4 is 81.6 Å². The second kappa shape index (κ2) is 14.0. The highest BCUT2D eigenvalue weighted by Crippen LogP contribution is 2.43. The standard InChI is InChI=1S/C55H34N2O2S/c1-3-10-35(11-4-1)36-18-25-41(26-19-36)57(43-29-22-38(23-30-43)44-15-9-17-51-52(44)46-14-7-8-16-50(46)60-51)42-27-20-37(21-28-42)40-24-31-45-49(34-40)58-48-33-32-47-54(53(45)48)59-55(56-47)39-12-5-2-6-13-39/h1-34H. The summed E-state index contributed by atoms with van der Waals surface area (Å²) in [7, 11) is 0. The summed E-state index contributed by atoms with van der Waals surface area (Å²) in [5.74, 6) is 0.603. The van der Waals surface area contributed by atoms with Gasteiger partial charge in [-0.15, -0.1) is 11.3 Å². The molecule has 4 nitrogen and oxygen atoms in total. The molecule has 0 N–H and O–H groups in total. The van der Waals surface area contributed by atoms with E-state index in [4.69, 9.17) is 13.8 Å². The number of rotatable bonds is 7.